The number of hydrogen-bond acceptors (Lipinski definition) is 3. The van der Waals surface area contributed by atoms with E-state index in [9.17, 15) is 5.11 Å². The molecule has 0 saturated carbocycles. The van der Waals surface area contributed by atoms with Crippen molar-refractivity contribution in [1.29, 1.82) is 0 Å². The monoisotopic (exact) mass is 342 g/mol. The third-order valence-electron chi connectivity index (χ3n) is 5.63. The summed E-state index contributed by atoms with van der Waals surface area (Å²) in [6, 6.07) is 0. The van der Waals surface area contributed by atoms with Gasteiger partial charge >= 0.3 is 0 Å². The fraction of sp³-hybridized carbons (Fsp3) is 0.895. The zero-order chi connectivity index (χ0) is 17.8. The van der Waals surface area contributed by atoms with Crippen LogP contribution in [0, 0.1) is 5.92 Å². The first kappa shape index (κ1) is 20.9. The number of rotatable bonds is 9. The number of aliphatic hydroxyl groups is 1. The molecule has 1 N–H and O–H groups in total. The van der Waals surface area contributed by atoms with E-state index in [4.69, 9.17) is 9.16 Å². The van der Waals surface area contributed by atoms with Crippen molar-refractivity contribution in [3.05, 3.63) is 12.2 Å². The Morgan fingerprint density at radius 3 is 2.09 bits per heavy atom. The molecule has 1 aliphatic heterocycles. The van der Waals surface area contributed by atoms with Crippen molar-refractivity contribution in [3.63, 3.8) is 0 Å². The summed E-state index contributed by atoms with van der Waals surface area (Å²) in [4.78, 5) is 0. The van der Waals surface area contributed by atoms with Gasteiger partial charge in [-0.3, -0.25) is 0 Å². The number of hydrogen-bond donors (Lipinski definition) is 1. The summed E-state index contributed by atoms with van der Waals surface area (Å²) in [5, 5.41) is 9.38. The predicted octanol–water partition coefficient (Wildman–Crippen LogP) is 4.91. The molecule has 1 aliphatic rings. The van der Waals surface area contributed by atoms with Gasteiger partial charge in [-0.25, -0.2) is 0 Å². The van der Waals surface area contributed by atoms with Gasteiger partial charge in [0.25, 0.3) is 0 Å². The average Bonchev–Trinajstić information content (AvgIpc) is 2.85. The Hall–Kier alpha value is -0.163. The zero-order valence-electron chi connectivity index (χ0n) is 16.3. The molecule has 0 spiro atoms. The van der Waals surface area contributed by atoms with Crippen LogP contribution in [-0.2, 0) is 9.16 Å². The van der Waals surface area contributed by atoms with Crippen LogP contribution in [0.25, 0.3) is 0 Å². The van der Waals surface area contributed by atoms with Gasteiger partial charge in [0.15, 0.2) is 8.32 Å². The fourth-order valence-corrected chi connectivity index (χ4v) is 10.1. The lowest BCUT2D eigenvalue weighted by atomic mass is 9.91. The van der Waals surface area contributed by atoms with Crippen LogP contribution < -0.4 is 0 Å². The highest BCUT2D eigenvalue weighted by Crippen LogP contribution is 2.42. The number of ether oxygens (including phenoxy) is 1. The van der Waals surface area contributed by atoms with Gasteiger partial charge in [-0.1, -0.05) is 53.7 Å². The number of aliphatic hydroxyl groups excluding tert-OH is 1. The van der Waals surface area contributed by atoms with Crippen molar-refractivity contribution in [1.82, 2.24) is 0 Å². The summed E-state index contributed by atoms with van der Waals surface area (Å²) in [6.07, 6.45) is 1.89. The van der Waals surface area contributed by atoms with Gasteiger partial charge in [0, 0.05) is 12.5 Å². The third kappa shape index (κ3) is 4.68. The molecular formula is C19H38O3Si. The first-order chi connectivity index (χ1) is 10.7. The van der Waals surface area contributed by atoms with E-state index in [1.165, 1.54) is 0 Å². The lowest BCUT2D eigenvalue weighted by Crippen LogP contribution is -2.48. The summed E-state index contributed by atoms with van der Waals surface area (Å²) >= 11 is 0. The predicted molar refractivity (Wildman–Crippen MR) is 100 cm³/mol. The molecule has 0 aliphatic carbocycles. The van der Waals surface area contributed by atoms with Crippen LogP contribution in [0.5, 0.6) is 0 Å². The normalized spacial score (nSPS) is 25.8. The minimum atomic E-state index is -1.80. The maximum atomic E-state index is 9.38. The van der Waals surface area contributed by atoms with Crippen LogP contribution in [0.1, 0.15) is 61.3 Å². The van der Waals surface area contributed by atoms with Gasteiger partial charge in [0.05, 0.1) is 18.8 Å². The second kappa shape index (κ2) is 8.79. The van der Waals surface area contributed by atoms with E-state index in [0.29, 0.717) is 22.5 Å². The molecule has 0 unspecified atom stereocenters. The van der Waals surface area contributed by atoms with Crippen molar-refractivity contribution in [3.8, 4) is 0 Å². The standard InChI is InChI=1S/C19H38O3Si/c1-13(2)18-11-17(12-20)22-19(18)9-10-21-23(14(3)4,15(5)6)16(7)8/h14-20H,1,9-12H2,2-8H3/t17-,18-,19-/m1/s1. The van der Waals surface area contributed by atoms with Crippen LogP contribution in [0.2, 0.25) is 16.6 Å². The lowest BCUT2D eigenvalue weighted by Gasteiger charge is -2.42. The van der Waals surface area contributed by atoms with E-state index in [2.05, 4.69) is 55.0 Å². The molecule has 0 aromatic carbocycles. The van der Waals surface area contributed by atoms with E-state index in [-0.39, 0.29) is 18.8 Å². The van der Waals surface area contributed by atoms with E-state index >= 15 is 0 Å². The van der Waals surface area contributed by atoms with Gasteiger partial charge in [-0.05, 0) is 36.4 Å². The Balaban J connectivity index is 2.70. The summed E-state index contributed by atoms with van der Waals surface area (Å²) in [5.74, 6) is 0.351. The quantitative estimate of drug-likeness (QED) is 0.478. The van der Waals surface area contributed by atoms with Gasteiger partial charge in [-0.15, -0.1) is 0 Å². The smallest absolute Gasteiger partial charge is 0.200 e. The van der Waals surface area contributed by atoms with Crippen molar-refractivity contribution in [2.75, 3.05) is 13.2 Å². The van der Waals surface area contributed by atoms with Crippen molar-refractivity contribution in [2.24, 2.45) is 5.92 Å². The summed E-state index contributed by atoms with van der Waals surface area (Å²) in [6.45, 7) is 20.9. The van der Waals surface area contributed by atoms with Crippen molar-refractivity contribution in [2.45, 2.75) is 90.1 Å². The second-order valence-corrected chi connectivity index (χ2v) is 13.6. The highest BCUT2D eigenvalue weighted by molar-refractivity contribution is 6.77. The molecule has 1 saturated heterocycles. The van der Waals surface area contributed by atoms with Gasteiger partial charge in [-0.2, -0.15) is 0 Å². The molecule has 23 heavy (non-hydrogen) atoms. The largest absolute Gasteiger partial charge is 0.416 e. The lowest BCUT2D eigenvalue weighted by molar-refractivity contribution is -0.00226. The first-order valence-electron chi connectivity index (χ1n) is 9.22. The van der Waals surface area contributed by atoms with Crippen LogP contribution >= 0.6 is 0 Å². The molecule has 0 aromatic rings. The van der Waals surface area contributed by atoms with E-state index in [1.54, 1.807) is 0 Å². The molecule has 136 valence electrons. The minimum Gasteiger partial charge on any atom is -0.416 e. The topological polar surface area (TPSA) is 38.7 Å². The van der Waals surface area contributed by atoms with Crippen LogP contribution in [0.3, 0.4) is 0 Å². The Morgan fingerprint density at radius 2 is 1.70 bits per heavy atom. The maximum Gasteiger partial charge on any atom is 0.200 e. The molecule has 3 atom stereocenters. The molecule has 1 rings (SSSR count). The maximum absolute atomic E-state index is 9.38. The van der Waals surface area contributed by atoms with Crippen LogP contribution in [-0.4, -0.2) is 38.8 Å². The van der Waals surface area contributed by atoms with Crippen molar-refractivity contribution >= 4 is 8.32 Å². The molecule has 0 amide bonds. The Morgan fingerprint density at radius 1 is 1.17 bits per heavy atom. The summed E-state index contributed by atoms with van der Waals surface area (Å²) < 4.78 is 12.6. The molecule has 0 aromatic heterocycles. The average molecular weight is 343 g/mol. The Bertz CT molecular complexity index is 357. The molecule has 4 heteroatoms. The highest BCUT2D eigenvalue weighted by atomic mass is 28.4. The Labute approximate surface area is 144 Å². The molecule has 3 nitrogen and oxygen atoms in total. The molecular weight excluding hydrogens is 304 g/mol. The molecule has 1 heterocycles. The van der Waals surface area contributed by atoms with E-state index in [1.807, 2.05) is 0 Å². The zero-order valence-corrected chi connectivity index (χ0v) is 17.3. The minimum absolute atomic E-state index is 0.0380. The van der Waals surface area contributed by atoms with Gasteiger partial charge < -0.3 is 14.3 Å². The Kier molecular flexibility index (Phi) is 7.98. The van der Waals surface area contributed by atoms with Crippen molar-refractivity contribution < 1.29 is 14.3 Å². The summed E-state index contributed by atoms with van der Waals surface area (Å²) in [5.41, 5.74) is 2.98. The SMILES string of the molecule is C=C(C)[C@H]1C[C@H](CO)O[C@@H]1CCO[Si](C(C)C)(C(C)C)C(C)C. The van der Waals surface area contributed by atoms with Crippen LogP contribution in [0.15, 0.2) is 12.2 Å². The second-order valence-electron chi connectivity index (χ2n) is 8.12. The van der Waals surface area contributed by atoms with Crippen LogP contribution in [0.4, 0.5) is 0 Å². The molecule has 0 radical (unpaired) electrons. The summed E-state index contributed by atoms with van der Waals surface area (Å²) in [7, 11) is -1.80. The van der Waals surface area contributed by atoms with Gasteiger partial charge in [0.2, 0.25) is 0 Å². The van der Waals surface area contributed by atoms with Gasteiger partial charge in [0.1, 0.15) is 0 Å². The first-order valence-corrected chi connectivity index (χ1v) is 11.4. The van der Waals surface area contributed by atoms with E-state index in [0.717, 1.165) is 25.0 Å². The molecule has 0 bridgehead atoms. The third-order valence-corrected chi connectivity index (χ3v) is 11.7. The highest BCUT2D eigenvalue weighted by Gasteiger charge is 2.45. The fourth-order valence-electron chi connectivity index (χ4n) is 4.59. The van der Waals surface area contributed by atoms with E-state index < -0.39 is 8.32 Å². The molecule has 1 fully saturated rings.